The van der Waals surface area contributed by atoms with Gasteiger partial charge in [-0.2, -0.15) is 0 Å². The summed E-state index contributed by atoms with van der Waals surface area (Å²) in [4.78, 5) is 35.4. The summed E-state index contributed by atoms with van der Waals surface area (Å²) < 4.78 is 46.8. The highest BCUT2D eigenvalue weighted by molar-refractivity contribution is 9.10. The molecule has 1 N–H and O–H groups in total. The lowest BCUT2D eigenvalue weighted by Gasteiger charge is -2.17. The lowest BCUT2D eigenvalue weighted by atomic mass is 10.1. The number of benzene rings is 2. The number of anilines is 1. The van der Waals surface area contributed by atoms with Gasteiger partial charge in [-0.1, -0.05) is 0 Å². The Morgan fingerprint density at radius 2 is 1.69 bits per heavy atom. The third-order valence-electron chi connectivity index (χ3n) is 6.52. The molecular weight excluding hydrogens is 614 g/mol. The molecule has 9 nitrogen and oxygen atoms in total. The van der Waals surface area contributed by atoms with E-state index in [1.165, 1.54) is 67.4 Å². The maximum Gasteiger partial charge on any atom is 0.268 e. The van der Waals surface area contributed by atoms with Crippen LogP contribution in [-0.4, -0.2) is 34.7 Å². The summed E-state index contributed by atoms with van der Waals surface area (Å²) in [5, 5.41) is 2.58. The molecule has 0 saturated heterocycles. The largest absolute Gasteiger partial charge is 0.491 e. The minimum absolute atomic E-state index is 0.0952. The lowest BCUT2D eigenvalue weighted by Crippen LogP contribution is -2.31. The van der Waals surface area contributed by atoms with Crippen molar-refractivity contribution in [1.82, 2.24) is 14.5 Å². The Morgan fingerprint density at radius 3 is 2.36 bits per heavy atom. The standard InChI is InChI=1S/C30H23BrF2N4O5/c1-15-25(30(39)37(16(2)26(15)31)19-8-5-17(32)6-9-19)28(38)35-18-7-10-22(20(33)13-18)42-23-11-12-34-21-14-24(40-3)29(41-4)36-27(21)23/h5-14H,1-4H3,(H,35,38). The van der Waals surface area contributed by atoms with Gasteiger partial charge in [0.25, 0.3) is 17.3 Å². The van der Waals surface area contributed by atoms with Crippen LogP contribution >= 0.6 is 15.9 Å². The quantitative estimate of drug-likeness (QED) is 0.217. The molecule has 3 aromatic heterocycles. The van der Waals surface area contributed by atoms with Crippen LogP contribution in [0.3, 0.4) is 0 Å². The van der Waals surface area contributed by atoms with Crippen LogP contribution in [0.2, 0.25) is 0 Å². The van der Waals surface area contributed by atoms with E-state index in [0.29, 0.717) is 38.2 Å². The summed E-state index contributed by atoms with van der Waals surface area (Å²) in [5.74, 6) is -1.31. The third kappa shape index (κ3) is 5.28. The number of hydrogen-bond acceptors (Lipinski definition) is 7. The van der Waals surface area contributed by atoms with Crippen LogP contribution in [0.5, 0.6) is 23.1 Å². The second kappa shape index (κ2) is 11.6. The molecule has 0 bridgehead atoms. The molecule has 5 rings (SSSR count). The number of rotatable bonds is 7. The van der Waals surface area contributed by atoms with E-state index in [2.05, 4.69) is 31.2 Å². The van der Waals surface area contributed by atoms with E-state index >= 15 is 4.39 Å². The first-order valence-corrected chi connectivity index (χ1v) is 13.3. The molecule has 2 aromatic carbocycles. The molecule has 0 unspecified atom stereocenters. The van der Waals surface area contributed by atoms with Gasteiger partial charge < -0.3 is 19.5 Å². The Bertz CT molecular complexity index is 1910. The van der Waals surface area contributed by atoms with Crippen molar-refractivity contribution >= 4 is 38.6 Å². The molecule has 0 atom stereocenters. The minimum Gasteiger partial charge on any atom is -0.491 e. The number of hydrogen-bond donors (Lipinski definition) is 1. The average Bonchev–Trinajstić information content (AvgIpc) is 2.98. The lowest BCUT2D eigenvalue weighted by molar-refractivity contribution is 0.102. The number of carbonyl (C=O) groups is 1. The van der Waals surface area contributed by atoms with Crippen molar-refractivity contribution < 1.29 is 27.8 Å². The van der Waals surface area contributed by atoms with Crippen LogP contribution in [0, 0.1) is 25.5 Å². The molecule has 0 spiro atoms. The molecule has 0 aliphatic carbocycles. The van der Waals surface area contributed by atoms with Crippen molar-refractivity contribution in [2.24, 2.45) is 0 Å². The van der Waals surface area contributed by atoms with Gasteiger partial charge in [-0.05, 0) is 71.7 Å². The highest BCUT2D eigenvalue weighted by atomic mass is 79.9. The van der Waals surface area contributed by atoms with Gasteiger partial charge in [-0.3, -0.25) is 19.1 Å². The summed E-state index contributed by atoms with van der Waals surface area (Å²) in [6.07, 6.45) is 1.48. The summed E-state index contributed by atoms with van der Waals surface area (Å²) in [6.45, 7) is 3.32. The average molecular weight is 637 g/mol. The number of methoxy groups -OCH3 is 2. The first-order valence-electron chi connectivity index (χ1n) is 12.5. The van der Waals surface area contributed by atoms with Crippen molar-refractivity contribution in [2.75, 3.05) is 19.5 Å². The molecule has 0 radical (unpaired) electrons. The van der Waals surface area contributed by atoms with Crippen LogP contribution in [0.15, 0.2) is 70.1 Å². The molecule has 12 heteroatoms. The Hall–Kier alpha value is -4.84. The maximum atomic E-state index is 15.2. The van der Waals surface area contributed by atoms with E-state index in [9.17, 15) is 14.0 Å². The number of nitrogens with one attached hydrogen (secondary N) is 1. The van der Waals surface area contributed by atoms with Crippen LogP contribution < -0.4 is 25.1 Å². The first kappa shape index (κ1) is 28.7. The van der Waals surface area contributed by atoms with Gasteiger partial charge in [0.1, 0.15) is 16.9 Å². The topological polar surface area (TPSA) is 105 Å². The Labute approximate surface area is 246 Å². The van der Waals surface area contributed by atoms with Crippen molar-refractivity contribution in [3.63, 3.8) is 0 Å². The summed E-state index contributed by atoms with van der Waals surface area (Å²) in [7, 11) is 2.91. The van der Waals surface area contributed by atoms with Crippen molar-refractivity contribution in [3.8, 4) is 28.8 Å². The van der Waals surface area contributed by atoms with E-state index in [4.69, 9.17) is 14.2 Å². The Balaban J connectivity index is 1.45. The molecule has 0 aliphatic rings. The zero-order chi connectivity index (χ0) is 30.1. The predicted molar refractivity (Wildman–Crippen MR) is 156 cm³/mol. The third-order valence-corrected chi connectivity index (χ3v) is 7.69. The van der Waals surface area contributed by atoms with Gasteiger partial charge >= 0.3 is 0 Å². The predicted octanol–water partition coefficient (Wildman–Crippen LogP) is 6.50. The molecule has 5 aromatic rings. The minimum atomic E-state index is -0.774. The second-order valence-corrected chi connectivity index (χ2v) is 9.89. The summed E-state index contributed by atoms with van der Waals surface area (Å²) in [6, 6.07) is 12.3. The van der Waals surface area contributed by atoms with E-state index in [1.807, 2.05) is 0 Å². The number of fused-ring (bicyclic) bond motifs is 1. The van der Waals surface area contributed by atoms with Gasteiger partial charge in [-0.15, -0.1) is 0 Å². The van der Waals surface area contributed by atoms with Crippen LogP contribution in [0.1, 0.15) is 21.6 Å². The smallest absolute Gasteiger partial charge is 0.268 e. The number of aromatic nitrogens is 3. The molecule has 1 amide bonds. The number of nitrogens with zero attached hydrogens (tertiary/aromatic N) is 3. The van der Waals surface area contributed by atoms with Gasteiger partial charge in [0.2, 0.25) is 0 Å². The van der Waals surface area contributed by atoms with Gasteiger partial charge in [0.05, 0.1) is 19.7 Å². The number of pyridine rings is 3. The van der Waals surface area contributed by atoms with Crippen LogP contribution in [0.25, 0.3) is 16.7 Å². The SMILES string of the molecule is COc1cc2nccc(Oc3ccc(NC(=O)c4c(C)c(Br)c(C)n(-c5ccc(F)cc5)c4=O)cc3F)c2nc1OC. The maximum absolute atomic E-state index is 15.2. The van der Waals surface area contributed by atoms with E-state index < -0.39 is 23.1 Å². The molecule has 0 saturated carbocycles. The normalized spacial score (nSPS) is 10.9. The monoisotopic (exact) mass is 636 g/mol. The summed E-state index contributed by atoms with van der Waals surface area (Å²) >= 11 is 3.45. The van der Waals surface area contributed by atoms with Crippen molar-refractivity contribution in [2.45, 2.75) is 13.8 Å². The van der Waals surface area contributed by atoms with E-state index in [-0.39, 0.29) is 28.6 Å². The fourth-order valence-electron chi connectivity index (χ4n) is 4.43. The molecule has 42 heavy (non-hydrogen) atoms. The first-order chi connectivity index (χ1) is 20.1. The Morgan fingerprint density at radius 1 is 0.952 bits per heavy atom. The molecule has 214 valence electrons. The number of carbonyl (C=O) groups excluding carboxylic acids is 1. The van der Waals surface area contributed by atoms with Crippen LogP contribution in [-0.2, 0) is 0 Å². The van der Waals surface area contributed by atoms with Crippen molar-refractivity contribution in [3.05, 3.63) is 104 Å². The molecule has 0 aliphatic heterocycles. The second-order valence-electron chi connectivity index (χ2n) is 9.09. The van der Waals surface area contributed by atoms with Gasteiger partial charge in [0.15, 0.2) is 23.1 Å². The van der Waals surface area contributed by atoms with Crippen LogP contribution in [0.4, 0.5) is 14.5 Å². The zero-order valence-corrected chi connectivity index (χ0v) is 24.4. The highest BCUT2D eigenvalue weighted by Gasteiger charge is 2.23. The molecule has 3 heterocycles. The fraction of sp³-hybridized carbons (Fsp3) is 0.133. The number of ether oxygens (including phenoxy) is 3. The Kier molecular flexibility index (Phi) is 7.90. The number of amides is 1. The highest BCUT2D eigenvalue weighted by Crippen LogP contribution is 2.35. The zero-order valence-electron chi connectivity index (χ0n) is 22.8. The molecule has 0 fully saturated rings. The fourth-order valence-corrected chi connectivity index (χ4v) is 4.81. The summed E-state index contributed by atoms with van der Waals surface area (Å²) in [5.41, 5.74) is 1.41. The number of halogens is 3. The van der Waals surface area contributed by atoms with Gasteiger partial charge in [0, 0.05) is 45.9 Å². The van der Waals surface area contributed by atoms with Gasteiger partial charge in [-0.25, -0.2) is 13.8 Å². The van der Waals surface area contributed by atoms with E-state index in [1.54, 1.807) is 19.9 Å². The van der Waals surface area contributed by atoms with E-state index in [0.717, 1.165) is 6.07 Å². The molecular formula is C30H23BrF2N4O5. The van der Waals surface area contributed by atoms with Crippen molar-refractivity contribution in [1.29, 1.82) is 0 Å².